The van der Waals surface area contributed by atoms with Gasteiger partial charge in [0.2, 0.25) is 11.5 Å². The summed E-state index contributed by atoms with van der Waals surface area (Å²) in [5.74, 6) is -1.24. The number of pyridine rings is 1. The van der Waals surface area contributed by atoms with E-state index >= 15 is 0 Å². The van der Waals surface area contributed by atoms with Crippen molar-refractivity contribution in [2.75, 3.05) is 11.1 Å². The second-order valence-corrected chi connectivity index (χ2v) is 5.36. The zero-order valence-corrected chi connectivity index (χ0v) is 13.3. The van der Waals surface area contributed by atoms with Crippen molar-refractivity contribution in [2.45, 2.75) is 0 Å². The third kappa shape index (κ3) is 3.64. The predicted molar refractivity (Wildman–Crippen MR) is 91.6 cm³/mol. The van der Waals surface area contributed by atoms with E-state index in [2.05, 4.69) is 20.3 Å². The number of benzene rings is 1. The number of nitrogens with two attached hydrogens (primary N) is 1. The fourth-order valence-electron chi connectivity index (χ4n) is 2.14. The summed E-state index contributed by atoms with van der Waals surface area (Å²) in [6.45, 7) is 0. The molecular weight excluding hydrogens is 349 g/mol. The van der Waals surface area contributed by atoms with Crippen LogP contribution < -0.4 is 16.6 Å². The van der Waals surface area contributed by atoms with Crippen molar-refractivity contribution in [2.24, 2.45) is 0 Å². The minimum atomic E-state index is -0.573. The lowest BCUT2D eigenvalue weighted by atomic mass is 10.0. The maximum absolute atomic E-state index is 13.4. The molecule has 0 aliphatic heterocycles. The number of H-pyrrole nitrogens is 1. The number of aromatic amines is 1. The summed E-state index contributed by atoms with van der Waals surface area (Å²) < 4.78 is 13.4. The second kappa shape index (κ2) is 6.70. The van der Waals surface area contributed by atoms with Gasteiger partial charge in [0.1, 0.15) is 22.4 Å². The Morgan fingerprint density at radius 3 is 2.72 bits per heavy atom. The fraction of sp³-hybridized carbons (Fsp3) is 0. The molecule has 7 nitrogen and oxygen atoms in total. The van der Waals surface area contributed by atoms with E-state index in [9.17, 15) is 14.0 Å². The SMILES string of the molecule is Nc1nc(Cl)c(C(=O)c2cccc(F)c2)c(Nc2ccc(=O)[nH]c2)n1. The van der Waals surface area contributed by atoms with E-state index in [4.69, 9.17) is 17.3 Å². The van der Waals surface area contributed by atoms with Crippen molar-refractivity contribution >= 4 is 34.8 Å². The number of rotatable bonds is 4. The van der Waals surface area contributed by atoms with Gasteiger partial charge < -0.3 is 16.0 Å². The molecule has 0 aliphatic rings. The zero-order valence-electron chi connectivity index (χ0n) is 12.6. The lowest BCUT2D eigenvalue weighted by Crippen LogP contribution is -2.12. The number of nitrogens with zero attached hydrogens (tertiary/aromatic N) is 2. The topological polar surface area (TPSA) is 114 Å². The Morgan fingerprint density at radius 2 is 2.04 bits per heavy atom. The number of hydrogen-bond donors (Lipinski definition) is 3. The summed E-state index contributed by atoms with van der Waals surface area (Å²) in [7, 11) is 0. The van der Waals surface area contributed by atoms with Gasteiger partial charge in [0.15, 0.2) is 5.78 Å². The quantitative estimate of drug-likeness (QED) is 0.487. The fourth-order valence-corrected chi connectivity index (χ4v) is 2.40. The van der Waals surface area contributed by atoms with Gasteiger partial charge in [-0.05, 0) is 18.2 Å². The van der Waals surface area contributed by atoms with Crippen LogP contribution in [0.2, 0.25) is 5.15 Å². The highest BCUT2D eigenvalue weighted by atomic mass is 35.5. The Morgan fingerprint density at radius 1 is 1.24 bits per heavy atom. The van der Waals surface area contributed by atoms with Crippen LogP contribution in [0.5, 0.6) is 0 Å². The molecule has 0 radical (unpaired) electrons. The summed E-state index contributed by atoms with van der Waals surface area (Å²) in [5.41, 5.74) is 5.77. The van der Waals surface area contributed by atoms with Gasteiger partial charge in [-0.2, -0.15) is 4.98 Å². The van der Waals surface area contributed by atoms with Crippen LogP contribution >= 0.6 is 11.6 Å². The first-order chi connectivity index (χ1) is 11.9. The van der Waals surface area contributed by atoms with Gasteiger partial charge in [0, 0.05) is 17.8 Å². The summed E-state index contributed by atoms with van der Waals surface area (Å²) in [5, 5.41) is 2.67. The molecule has 0 fully saturated rings. The summed E-state index contributed by atoms with van der Waals surface area (Å²) in [6.07, 6.45) is 1.39. The van der Waals surface area contributed by atoms with Crippen LogP contribution in [0.4, 0.5) is 21.8 Å². The number of ketones is 1. The minimum absolute atomic E-state index is 0.0406. The van der Waals surface area contributed by atoms with Crippen molar-refractivity contribution in [1.82, 2.24) is 15.0 Å². The molecule has 0 saturated carbocycles. The van der Waals surface area contributed by atoms with Gasteiger partial charge in [0.05, 0.1) is 5.69 Å². The van der Waals surface area contributed by atoms with Gasteiger partial charge in [0.25, 0.3) is 0 Å². The minimum Gasteiger partial charge on any atom is -0.368 e. The average Bonchev–Trinajstić information content (AvgIpc) is 2.56. The van der Waals surface area contributed by atoms with Crippen molar-refractivity contribution in [3.05, 3.63) is 75.0 Å². The second-order valence-electron chi connectivity index (χ2n) is 5.00. The van der Waals surface area contributed by atoms with E-state index in [1.54, 1.807) is 0 Å². The summed E-state index contributed by atoms with van der Waals surface area (Å²) in [6, 6.07) is 7.94. The monoisotopic (exact) mass is 359 g/mol. The average molecular weight is 360 g/mol. The van der Waals surface area contributed by atoms with E-state index < -0.39 is 11.6 Å². The van der Waals surface area contributed by atoms with E-state index in [1.807, 2.05) is 0 Å². The third-order valence-electron chi connectivity index (χ3n) is 3.24. The number of hydrogen-bond acceptors (Lipinski definition) is 6. The van der Waals surface area contributed by atoms with Crippen LogP contribution in [-0.2, 0) is 0 Å². The molecule has 126 valence electrons. The Kier molecular flexibility index (Phi) is 4.44. The van der Waals surface area contributed by atoms with Crippen LogP contribution in [0.1, 0.15) is 15.9 Å². The van der Waals surface area contributed by atoms with E-state index in [-0.39, 0.29) is 33.6 Å². The molecular formula is C16H11ClFN5O2. The van der Waals surface area contributed by atoms with E-state index in [1.165, 1.54) is 36.5 Å². The van der Waals surface area contributed by atoms with Crippen molar-refractivity contribution in [3.63, 3.8) is 0 Å². The van der Waals surface area contributed by atoms with Crippen molar-refractivity contribution in [3.8, 4) is 0 Å². The number of aromatic nitrogens is 3. The molecule has 0 unspecified atom stereocenters. The van der Waals surface area contributed by atoms with E-state index in [0.717, 1.165) is 6.07 Å². The Hall–Kier alpha value is -3.26. The molecule has 1 aromatic carbocycles. The zero-order chi connectivity index (χ0) is 18.0. The normalized spacial score (nSPS) is 10.5. The Bertz CT molecular complexity index is 1000. The Labute approximate surface area is 145 Å². The first-order valence-electron chi connectivity index (χ1n) is 7.03. The molecule has 2 heterocycles. The van der Waals surface area contributed by atoms with Gasteiger partial charge >= 0.3 is 0 Å². The van der Waals surface area contributed by atoms with Crippen molar-refractivity contribution in [1.29, 1.82) is 0 Å². The molecule has 0 saturated heterocycles. The van der Waals surface area contributed by atoms with E-state index in [0.29, 0.717) is 5.69 Å². The molecule has 3 rings (SSSR count). The lowest BCUT2D eigenvalue weighted by Gasteiger charge is -2.12. The van der Waals surface area contributed by atoms with Crippen LogP contribution in [-0.4, -0.2) is 20.7 Å². The smallest absolute Gasteiger partial charge is 0.248 e. The summed E-state index contributed by atoms with van der Waals surface area (Å²) in [4.78, 5) is 34.1. The standard InChI is InChI=1S/C16H11ClFN5O2/c17-14-12(13(25)8-2-1-3-9(18)6-8)15(23-16(19)22-14)21-10-4-5-11(24)20-7-10/h1-7H,(H,20,24)(H3,19,21,22,23). The molecule has 0 atom stereocenters. The molecule has 25 heavy (non-hydrogen) atoms. The first-order valence-corrected chi connectivity index (χ1v) is 7.41. The molecule has 0 amide bonds. The highest BCUT2D eigenvalue weighted by Gasteiger charge is 2.21. The molecule has 2 aromatic heterocycles. The number of nitrogens with one attached hydrogen (secondary N) is 2. The highest BCUT2D eigenvalue weighted by molar-refractivity contribution is 6.34. The van der Waals surface area contributed by atoms with Crippen molar-refractivity contribution < 1.29 is 9.18 Å². The first kappa shape index (κ1) is 16.6. The van der Waals surface area contributed by atoms with Crippen LogP contribution in [0, 0.1) is 5.82 Å². The van der Waals surface area contributed by atoms with Crippen LogP contribution in [0.25, 0.3) is 0 Å². The maximum Gasteiger partial charge on any atom is 0.248 e. The number of anilines is 3. The van der Waals surface area contributed by atoms with Gasteiger partial charge in [-0.25, -0.2) is 9.37 Å². The van der Waals surface area contributed by atoms with Gasteiger partial charge in [-0.1, -0.05) is 23.7 Å². The number of nitrogen functional groups attached to an aromatic ring is 1. The van der Waals surface area contributed by atoms with Gasteiger partial charge in [-0.15, -0.1) is 0 Å². The third-order valence-corrected chi connectivity index (χ3v) is 3.52. The molecule has 4 N–H and O–H groups in total. The van der Waals surface area contributed by atoms with Crippen LogP contribution in [0.15, 0.2) is 47.4 Å². The number of carbonyl (C=O) groups is 1. The number of carbonyl (C=O) groups excluding carboxylic acids is 1. The maximum atomic E-state index is 13.4. The molecule has 0 aliphatic carbocycles. The molecule has 0 bridgehead atoms. The summed E-state index contributed by atoms with van der Waals surface area (Å²) >= 11 is 6.07. The predicted octanol–water partition coefficient (Wildman–Crippen LogP) is 2.51. The lowest BCUT2D eigenvalue weighted by molar-refractivity contribution is 0.103. The number of halogens is 2. The Balaban J connectivity index is 2.07. The van der Waals surface area contributed by atoms with Crippen LogP contribution in [0.3, 0.4) is 0 Å². The molecule has 3 aromatic rings. The molecule has 0 spiro atoms. The van der Waals surface area contributed by atoms with Gasteiger partial charge in [-0.3, -0.25) is 9.59 Å². The highest BCUT2D eigenvalue weighted by Crippen LogP contribution is 2.27. The largest absolute Gasteiger partial charge is 0.368 e. The molecule has 9 heteroatoms.